The molecule has 2 aromatic rings. The van der Waals surface area contributed by atoms with Crippen molar-refractivity contribution >= 4 is 28.7 Å². The minimum atomic E-state index is 0.534. The van der Waals surface area contributed by atoms with Crippen LogP contribution < -0.4 is 5.32 Å². The molecule has 0 aromatic carbocycles. The maximum atomic E-state index is 4.58. The maximum Gasteiger partial charge on any atom is 0.179 e. The van der Waals surface area contributed by atoms with Gasteiger partial charge in [0.1, 0.15) is 11.6 Å². The van der Waals surface area contributed by atoms with E-state index in [9.17, 15) is 0 Å². The number of anilines is 1. The molecule has 2 aromatic heterocycles. The molecular formula is C11H14N4S. The molecule has 1 saturated heterocycles. The Labute approximate surface area is 98.3 Å². The molecule has 1 fully saturated rings. The fourth-order valence-corrected chi connectivity index (χ4v) is 3.22. The number of hydrogen-bond donors (Lipinski definition) is 2. The second-order valence-electron chi connectivity index (χ2n) is 3.94. The number of aromatic amines is 1. The molecule has 1 aliphatic heterocycles. The number of rotatable bonds is 2. The lowest BCUT2D eigenvalue weighted by molar-refractivity contribution is 0.792. The third kappa shape index (κ3) is 1.65. The predicted molar refractivity (Wildman–Crippen MR) is 67.9 cm³/mol. The van der Waals surface area contributed by atoms with E-state index in [1.165, 1.54) is 18.6 Å². The number of fused-ring (bicyclic) bond motifs is 1. The number of H-pyrrole nitrogens is 1. The van der Waals surface area contributed by atoms with Gasteiger partial charge in [0, 0.05) is 7.05 Å². The van der Waals surface area contributed by atoms with E-state index < -0.39 is 0 Å². The molecule has 3 heterocycles. The first-order valence-corrected chi connectivity index (χ1v) is 6.58. The van der Waals surface area contributed by atoms with E-state index in [1.54, 1.807) is 0 Å². The predicted octanol–water partition coefficient (Wildman–Crippen LogP) is 2.57. The molecule has 1 atom stereocenters. The molecule has 0 saturated carbocycles. The van der Waals surface area contributed by atoms with Crippen molar-refractivity contribution in [2.75, 3.05) is 18.1 Å². The number of thioether (sulfide) groups is 1. The molecule has 1 aliphatic rings. The summed E-state index contributed by atoms with van der Waals surface area (Å²) in [5.41, 5.74) is 1.84. The Kier molecular flexibility index (Phi) is 2.47. The van der Waals surface area contributed by atoms with Crippen molar-refractivity contribution in [3.05, 3.63) is 18.0 Å². The second-order valence-corrected chi connectivity index (χ2v) is 5.25. The monoisotopic (exact) mass is 234 g/mol. The Hall–Kier alpha value is -1.23. The second kappa shape index (κ2) is 3.97. The summed E-state index contributed by atoms with van der Waals surface area (Å²) < 4.78 is 0. The minimum Gasteiger partial charge on any atom is -0.373 e. The number of pyridine rings is 1. The number of aromatic nitrogens is 3. The fourth-order valence-electron chi connectivity index (χ4n) is 2.00. The summed E-state index contributed by atoms with van der Waals surface area (Å²) >= 11 is 1.98. The summed E-state index contributed by atoms with van der Waals surface area (Å²) in [6.45, 7) is 0. The average Bonchev–Trinajstić information content (AvgIpc) is 2.96. The molecule has 84 valence electrons. The van der Waals surface area contributed by atoms with Crippen molar-refractivity contribution in [3.8, 4) is 0 Å². The third-order valence-corrected chi connectivity index (χ3v) is 4.24. The third-order valence-electron chi connectivity index (χ3n) is 2.86. The highest BCUT2D eigenvalue weighted by molar-refractivity contribution is 7.99. The molecule has 0 amide bonds. The first-order valence-electron chi connectivity index (χ1n) is 5.53. The van der Waals surface area contributed by atoms with E-state index in [2.05, 4.69) is 20.3 Å². The minimum absolute atomic E-state index is 0.534. The summed E-state index contributed by atoms with van der Waals surface area (Å²) in [5.74, 6) is 3.19. The van der Waals surface area contributed by atoms with Crippen molar-refractivity contribution in [1.82, 2.24) is 15.0 Å². The SMILES string of the molecule is CNc1ccc2[nH]c(C3CCCS3)nc2n1. The molecular weight excluding hydrogens is 220 g/mol. The largest absolute Gasteiger partial charge is 0.373 e. The maximum absolute atomic E-state index is 4.58. The van der Waals surface area contributed by atoms with E-state index in [-0.39, 0.29) is 0 Å². The van der Waals surface area contributed by atoms with E-state index in [0.717, 1.165) is 22.8 Å². The van der Waals surface area contributed by atoms with Crippen molar-refractivity contribution in [2.24, 2.45) is 0 Å². The quantitative estimate of drug-likeness (QED) is 0.838. The van der Waals surface area contributed by atoms with E-state index >= 15 is 0 Å². The first kappa shape index (κ1) is 9.96. The summed E-state index contributed by atoms with van der Waals surface area (Å²) in [6.07, 6.45) is 2.52. The smallest absolute Gasteiger partial charge is 0.179 e. The van der Waals surface area contributed by atoms with Crippen molar-refractivity contribution < 1.29 is 0 Å². The van der Waals surface area contributed by atoms with Crippen LogP contribution in [0, 0.1) is 0 Å². The van der Waals surface area contributed by atoms with Gasteiger partial charge in [0.2, 0.25) is 0 Å². The van der Waals surface area contributed by atoms with Gasteiger partial charge in [0.25, 0.3) is 0 Å². The van der Waals surface area contributed by atoms with Crippen LogP contribution in [0.25, 0.3) is 11.2 Å². The molecule has 1 unspecified atom stereocenters. The Balaban J connectivity index is 2.01. The number of nitrogens with zero attached hydrogens (tertiary/aromatic N) is 2. The van der Waals surface area contributed by atoms with Crippen LogP contribution in [-0.2, 0) is 0 Å². The lowest BCUT2D eigenvalue weighted by atomic mass is 10.2. The Morgan fingerprint density at radius 1 is 1.44 bits per heavy atom. The summed E-state index contributed by atoms with van der Waals surface area (Å²) in [4.78, 5) is 12.4. The zero-order valence-corrected chi connectivity index (χ0v) is 9.97. The van der Waals surface area contributed by atoms with Crippen LogP contribution in [0.15, 0.2) is 12.1 Å². The van der Waals surface area contributed by atoms with Crippen LogP contribution >= 0.6 is 11.8 Å². The summed E-state index contributed by atoms with van der Waals surface area (Å²) in [7, 11) is 1.87. The molecule has 0 radical (unpaired) electrons. The van der Waals surface area contributed by atoms with Crippen LogP contribution in [-0.4, -0.2) is 27.8 Å². The Morgan fingerprint density at radius 2 is 2.38 bits per heavy atom. The molecule has 4 nitrogen and oxygen atoms in total. The van der Waals surface area contributed by atoms with Gasteiger partial charge in [0.05, 0.1) is 10.8 Å². The normalized spacial score (nSPS) is 20.4. The molecule has 3 rings (SSSR count). The van der Waals surface area contributed by atoms with Crippen LogP contribution in [0.1, 0.15) is 23.9 Å². The van der Waals surface area contributed by atoms with E-state index in [4.69, 9.17) is 0 Å². The highest BCUT2D eigenvalue weighted by Gasteiger charge is 2.21. The van der Waals surface area contributed by atoms with Gasteiger partial charge in [-0.15, -0.1) is 0 Å². The van der Waals surface area contributed by atoms with Crippen LogP contribution in [0.2, 0.25) is 0 Å². The van der Waals surface area contributed by atoms with Crippen LogP contribution in [0.3, 0.4) is 0 Å². The van der Waals surface area contributed by atoms with Gasteiger partial charge in [-0.3, -0.25) is 0 Å². The summed E-state index contributed by atoms with van der Waals surface area (Å²) in [5, 5.41) is 3.56. The van der Waals surface area contributed by atoms with Crippen molar-refractivity contribution in [3.63, 3.8) is 0 Å². The number of nitrogens with one attached hydrogen (secondary N) is 2. The number of imidazole rings is 1. The van der Waals surface area contributed by atoms with Gasteiger partial charge in [-0.05, 0) is 30.7 Å². The molecule has 16 heavy (non-hydrogen) atoms. The lowest BCUT2D eigenvalue weighted by Gasteiger charge is -2.01. The standard InChI is InChI=1S/C11H14N4S/c1-12-9-5-4-7-10(14-9)15-11(13-7)8-3-2-6-16-8/h4-5,8H,2-3,6H2,1H3,(H2,12,13,14,15). The van der Waals surface area contributed by atoms with Gasteiger partial charge < -0.3 is 10.3 Å². The zero-order chi connectivity index (χ0) is 11.0. The molecule has 0 spiro atoms. The van der Waals surface area contributed by atoms with Gasteiger partial charge >= 0.3 is 0 Å². The first-order chi connectivity index (χ1) is 7.86. The van der Waals surface area contributed by atoms with Gasteiger partial charge in [-0.25, -0.2) is 9.97 Å². The van der Waals surface area contributed by atoms with E-state index in [0.29, 0.717) is 5.25 Å². The van der Waals surface area contributed by atoms with Gasteiger partial charge in [-0.2, -0.15) is 11.8 Å². The van der Waals surface area contributed by atoms with Crippen molar-refractivity contribution in [1.29, 1.82) is 0 Å². The number of hydrogen-bond acceptors (Lipinski definition) is 4. The Bertz CT molecular complexity index is 502. The molecule has 0 bridgehead atoms. The van der Waals surface area contributed by atoms with Gasteiger partial charge in [0.15, 0.2) is 5.65 Å². The molecule has 2 N–H and O–H groups in total. The fraction of sp³-hybridized carbons (Fsp3) is 0.455. The lowest BCUT2D eigenvalue weighted by Crippen LogP contribution is -1.92. The van der Waals surface area contributed by atoms with Gasteiger partial charge in [-0.1, -0.05) is 0 Å². The van der Waals surface area contributed by atoms with Crippen molar-refractivity contribution in [2.45, 2.75) is 18.1 Å². The van der Waals surface area contributed by atoms with Crippen LogP contribution in [0.4, 0.5) is 5.82 Å². The summed E-state index contributed by atoms with van der Waals surface area (Å²) in [6, 6.07) is 4.00. The Morgan fingerprint density at radius 3 is 3.12 bits per heavy atom. The zero-order valence-electron chi connectivity index (χ0n) is 9.16. The highest BCUT2D eigenvalue weighted by atomic mass is 32.2. The average molecular weight is 234 g/mol. The van der Waals surface area contributed by atoms with E-state index in [1.807, 2.05) is 30.9 Å². The highest BCUT2D eigenvalue weighted by Crippen LogP contribution is 2.38. The molecule has 5 heteroatoms. The topological polar surface area (TPSA) is 53.6 Å². The van der Waals surface area contributed by atoms with Crippen LogP contribution in [0.5, 0.6) is 0 Å². The molecule has 0 aliphatic carbocycles.